The summed E-state index contributed by atoms with van der Waals surface area (Å²) >= 11 is 0. The topological polar surface area (TPSA) is 92.9 Å². The van der Waals surface area contributed by atoms with Crippen LogP contribution in [0.1, 0.15) is 37.4 Å². The maximum Gasteiger partial charge on any atom is 0.220 e. The van der Waals surface area contributed by atoms with Gasteiger partial charge in [-0.1, -0.05) is 0 Å². The minimum absolute atomic E-state index is 0.119. The summed E-state index contributed by atoms with van der Waals surface area (Å²) in [7, 11) is 0. The normalized spacial score (nSPS) is 23.6. The quantitative estimate of drug-likeness (QED) is 0.728. The highest BCUT2D eigenvalue weighted by Gasteiger charge is 2.27. The summed E-state index contributed by atoms with van der Waals surface area (Å²) in [6.45, 7) is 0.640. The summed E-state index contributed by atoms with van der Waals surface area (Å²) < 4.78 is 0. The van der Waals surface area contributed by atoms with Gasteiger partial charge in [-0.25, -0.2) is 9.97 Å². The predicted octanol–water partition coefficient (Wildman–Crippen LogP) is 0.627. The molecule has 6 heteroatoms. The first-order chi connectivity index (χ1) is 8.70. The van der Waals surface area contributed by atoms with E-state index < -0.39 is 0 Å². The molecule has 1 aliphatic heterocycles. The average molecular weight is 247 g/mol. The largest absolute Gasteiger partial charge is 0.384 e. The van der Waals surface area contributed by atoms with Gasteiger partial charge in [-0.3, -0.25) is 4.79 Å². The van der Waals surface area contributed by atoms with Gasteiger partial charge in [0, 0.05) is 31.0 Å². The molecule has 18 heavy (non-hydrogen) atoms. The van der Waals surface area contributed by atoms with E-state index in [0.29, 0.717) is 24.7 Å². The van der Waals surface area contributed by atoms with Crippen LogP contribution in [-0.4, -0.2) is 28.5 Å². The molecular formula is C12H17N5O. The van der Waals surface area contributed by atoms with E-state index in [1.165, 1.54) is 0 Å². The number of nitrogen functional groups attached to an aromatic ring is 1. The number of nitrogens with two attached hydrogens (primary N) is 1. The molecule has 1 saturated heterocycles. The van der Waals surface area contributed by atoms with Crippen molar-refractivity contribution in [2.75, 3.05) is 17.6 Å². The standard InChI is InChI=1S/C12H17N5O/c13-9-5-10(17-12(16-9)7-1-2-7)15-8-3-4-11(18)14-6-8/h5,7-8H,1-4,6H2,(H,14,18)(H3,13,15,16,17). The Bertz CT molecular complexity index is 462. The summed E-state index contributed by atoms with van der Waals surface area (Å²) in [6, 6.07) is 1.98. The number of carbonyl (C=O) groups is 1. The Morgan fingerprint density at radius 2 is 2.17 bits per heavy atom. The van der Waals surface area contributed by atoms with Crippen molar-refractivity contribution in [3.05, 3.63) is 11.9 Å². The van der Waals surface area contributed by atoms with Gasteiger partial charge in [0.25, 0.3) is 0 Å². The Balaban J connectivity index is 1.69. The zero-order valence-corrected chi connectivity index (χ0v) is 10.1. The fourth-order valence-electron chi connectivity index (χ4n) is 2.15. The van der Waals surface area contributed by atoms with E-state index >= 15 is 0 Å². The Hall–Kier alpha value is -1.85. The monoisotopic (exact) mass is 247 g/mol. The molecule has 1 amide bonds. The molecule has 1 saturated carbocycles. The molecule has 1 aliphatic carbocycles. The minimum Gasteiger partial charge on any atom is -0.384 e. The zero-order chi connectivity index (χ0) is 12.5. The Morgan fingerprint density at radius 3 is 2.83 bits per heavy atom. The van der Waals surface area contributed by atoms with Gasteiger partial charge >= 0.3 is 0 Å². The Labute approximate surface area is 105 Å². The van der Waals surface area contributed by atoms with E-state index in [-0.39, 0.29) is 11.9 Å². The number of nitrogens with one attached hydrogen (secondary N) is 2. The molecule has 2 heterocycles. The van der Waals surface area contributed by atoms with Gasteiger partial charge in [0.05, 0.1) is 0 Å². The number of rotatable bonds is 3. The Morgan fingerprint density at radius 1 is 1.33 bits per heavy atom. The van der Waals surface area contributed by atoms with E-state index in [0.717, 1.165) is 30.9 Å². The first-order valence-corrected chi connectivity index (χ1v) is 6.38. The molecule has 1 unspecified atom stereocenters. The number of hydrogen-bond donors (Lipinski definition) is 3. The number of aromatic nitrogens is 2. The summed E-state index contributed by atoms with van der Waals surface area (Å²) in [6.07, 6.45) is 3.70. The second-order valence-electron chi connectivity index (χ2n) is 4.99. The van der Waals surface area contributed by atoms with Crippen molar-refractivity contribution < 1.29 is 4.79 Å². The molecule has 3 rings (SSSR count). The van der Waals surface area contributed by atoms with Crippen LogP contribution in [0.2, 0.25) is 0 Å². The fourth-order valence-corrected chi connectivity index (χ4v) is 2.15. The van der Waals surface area contributed by atoms with Crippen LogP contribution in [0.25, 0.3) is 0 Å². The highest BCUT2D eigenvalue weighted by molar-refractivity contribution is 5.77. The van der Waals surface area contributed by atoms with E-state index in [9.17, 15) is 4.79 Å². The van der Waals surface area contributed by atoms with Crippen LogP contribution in [0.5, 0.6) is 0 Å². The smallest absolute Gasteiger partial charge is 0.220 e. The SMILES string of the molecule is Nc1cc(NC2CCC(=O)NC2)nc(C2CC2)n1. The van der Waals surface area contributed by atoms with Gasteiger partial charge < -0.3 is 16.4 Å². The van der Waals surface area contributed by atoms with Gasteiger partial charge in [-0.2, -0.15) is 0 Å². The predicted molar refractivity (Wildman–Crippen MR) is 68.1 cm³/mol. The summed E-state index contributed by atoms with van der Waals surface area (Å²) in [5.41, 5.74) is 5.79. The summed E-state index contributed by atoms with van der Waals surface area (Å²) in [5, 5.41) is 6.16. The van der Waals surface area contributed by atoms with Gasteiger partial charge in [0.2, 0.25) is 5.91 Å². The lowest BCUT2D eigenvalue weighted by Crippen LogP contribution is -2.42. The van der Waals surface area contributed by atoms with Gasteiger partial charge in [0.1, 0.15) is 17.5 Å². The number of hydrogen-bond acceptors (Lipinski definition) is 5. The maximum absolute atomic E-state index is 11.1. The first-order valence-electron chi connectivity index (χ1n) is 6.38. The zero-order valence-electron chi connectivity index (χ0n) is 10.1. The second kappa shape index (κ2) is 4.44. The molecule has 0 aromatic carbocycles. The molecule has 2 aliphatic rings. The van der Waals surface area contributed by atoms with Crippen LogP contribution >= 0.6 is 0 Å². The van der Waals surface area contributed by atoms with Gasteiger partial charge in [-0.05, 0) is 19.3 Å². The minimum atomic E-state index is 0.119. The fraction of sp³-hybridized carbons (Fsp3) is 0.583. The summed E-state index contributed by atoms with van der Waals surface area (Å²) in [5.74, 6) is 2.73. The molecular weight excluding hydrogens is 230 g/mol. The molecule has 0 spiro atoms. The van der Waals surface area contributed by atoms with Crippen LogP contribution in [0, 0.1) is 0 Å². The molecule has 0 bridgehead atoms. The number of nitrogens with zero attached hydrogens (tertiary/aromatic N) is 2. The van der Waals surface area contributed by atoms with Gasteiger partial charge in [-0.15, -0.1) is 0 Å². The number of anilines is 2. The molecule has 96 valence electrons. The Kier molecular flexibility index (Phi) is 2.77. The number of carbonyl (C=O) groups excluding carboxylic acids is 1. The molecule has 0 radical (unpaired) electrons. The molecule has 1 aromatic rings. The third-order valence-corrected chi connectivity index (χ3v) is 3.32. The third-order valence-electron chi connectivity index (χ3n) is 3.32. The molecule has 4 N–H and O–H groups in total. The van der Waals surface area contributed by atoms with Crippen LogP contribution in [0.3, 0.4) is 0 Å². The highest BCUT2D eigenvalue weighted by atomic mass is 16.1. The first kappa shape index (κ1) is 11.3. The number of piperidine rings is 1. The maximum atomic E-state index is 11.1. The van der Waals surface area contributed by atoms with E-state index in [2.05, 4.69) is 20.6 Å². The average Bonchev–Trinajstić information content (AvgIpc) is 3.15. The van der Waals surface area contributed by atoms with Crippen molar-refractivity contribution in [1.82, 2.24) is 15.3 Å². The van der Waals surface area contributed by atoms with E-state index in [4.69, 9.17) is 5.73 Å². The number of amides is 1. The lowest BCUT2D eigenvalue weighted by atomic mass is 10.1. The van der Waals surface area contributed by atoms with Crippen LogP contribution in [-0.2, 0) is 4.79 Å². The van der Waals surface area contributed by atoms with Crippen molar-refractivity contribution in [3.8, 4) is 0 Å². The molecule has 1 aromatic heterocycles. The van der Waals surface area contributed by atoms with Crippen molar-refractivity contribution in [3.63, 3.8) is 0 Å². The van der Waals surface area contributed by atoms with E-state index in [1.807, 2.05) is 0 Å². The lowest BCUT2D eigenvalue weighted by molar-refractivity contribution is -0.122. The van der Waals surface area contributed by atoms with Crippen LogP contribution in [0.15, 0.2) is 6.07 Å². The van der Waals surface area contributed by atoms with Crippen LogP contribution < -0.4 is 16.4 Å². The second-order valence-corrected chi connectivity index (χ2v) is 4.99. The molecule has 6 nitrogen and oxygen atoms in total. The molecule has 2 fully saturated rings. The molecule has 1 atom stereocenters. The van der Waals surface area contributed by atoms with Gasteiger partial charge in [0.15, 0.2) is 0 Å². The lowest BCUT2D eigenvalue weighted by Gasteiger charge is -2.24. The van der Waals surface area contributed by atoms with Crippen LogP contribution in [0.4, 0.5) is 11.6 Å². The third kappa shape index (κ3) is 2.52. The van der Waals surface area contributed by atoms with Crippen molar-refractivity contribution in [2.45, 2.75) is 37.6 Å². The van der Waals surface area contributed by atoms with Crippen molar-refractivity contribution in [2.24, 2.45) is 0 Å². The summed E-state index contributed by atoms with van der Waals surface area (Å²) in [4.78, 5) is 19.8. The highest BCUT2D eigenvalue weighted by Crippen LogP contribution is 2.38. The van der Waals surface area contributed by atoms with Crippen molar-refractivity contribution >= 4 is 17.5 Å². The van der Waals surface area contributed by atoms with Crippen molar-refractivity contribution in [1.29, 1.82) is 0 Å². The van der Waals surface area contributed by atoms with E-state index in [1.54, 1.807) is 6.07 Å².